The summed E-state index contributed by atoms with van der Waals surface area (Å²) >= 11 is 0. The van der Waals surface area contributed by atoms with Gasteiger partial charge >= 0.3 is 23.9 Å². The number of anilines is 3. The molecule has 0 bridgehead atoms. The van der Waals surface area contributed by atoms with Crippen LogP contribution in [0.3, 0.4) is 0 Å². The number of aliphatic carboxylic acids is 4. The number of benzene rings is 3. The van der Waals surface area contributed by atoms with E-state index in [4.69, 9.17) is 18.9 Å². The van der Waals surface area contributed by atoms with Gasteiger partial charge in [-0.05, 0) is 36.4 Å². The minimum atomic E-state index is -1.30. The molecule has 0 unspecified atom stereocenters. The van der Waals surface area contributed by atoms with Gasteiger partial charge in [0, 0.05) is 23.9 Å². The van der Waals surface area contributed by atoms with Crippen LogP contribution in [0.2, 0.25) is 0 Å². The lowest BCUT2D eigenvalue weighted by Gasteiger charge is -2.27. The van der Waals surface area contributed by atoms with E-state index in [2.05, 4.69) is 0 Å². The molecular weight excluding hydrogens is 656 g/mol. The normalized spacial score (nSPS) is 13.8. The molecule has 1 heterocycles. The Hall–Kier alpha value is -6.00. The number of carboxylic acid groups (broad SMARTS) is 4. The Morgan fingerprint density at radius 2 is 1.00 bits per heavy atom. The SMILES string of the molecule is O=C(O)CN(CC(=O)O)c1ccc2c(c1)OCCN(CC(=O)O)c1cc(F)ccc1OCCOc1ccc(F)cc1N(CC(=O)O)CCO2. The van der Waals surface area contributed by atoms with Crippen LogP contribution in [0.1, 0.15) is 0 Å². The van der Waals surface area contributed by atoms with Gasteiger partial charge in [0.25, 0.3) is 0 Å². The van der Waals surface area contributed by atoms with Gasteiger partial charge < -0.3 is 54.1 Å². The Morgan fingerprint density at radius 3 is 1.45 bits per heavy atom. The predicted octanol–water partition coefficient (Wildman–Crippen LogP) is 2.65. The van der Waals surface area contributed by atoms with Crippen LogP contribution in [0.4, 0.5) is 25.8 Å². The lowest BCUT2D eigenvalue weighted by atomic mass is 10.2. The molecule has 0 saturated heterocycles. The van der Waals surface area contributed by atoms with Crippen molar-refractivity contribution >= 4 is 40.9 Å². The fraction of sp³-hybridized carbons (Fsp3) is 0.312. The van der Waals surface area contributed by atoms with Gasteiger partial charge in [0.2, 0.25) is 0 Å². The number of hydrogen-bond donors (Lipinski definition) is 4. The summed E-state index contributed by atoms with van der Waals surface area (Å²) in [5.41, 5.74) is 0.333. The minimum Gasteiger partial charge on any atom is -0.488 e. The highest BCUT2D eigenvalue weighted by molar-refractivity contribution is 5.80. The predicted molar refractivity (Wildman–Crippen MR) is 168 cm³/mol. The van der Waals surface area contributed by atoms with E-state index in [0.29, 0.717) is 0 Å². The van der Waals surface area contributed by atoms with Crippen LogP contribution in [0, 0.1) is 11.6 Å². The quantitative estimate of drug-likeness (QED) is 0.256. The van der Waals surface area contributed by atoms with E-state index < -0.39 is 61.7 Å². The molecule has 0 fully saturated rings. The number of fused-ring (bicyclic) bond motifs is 3. The summed E-state index contributed by atoms with van der Waals surface area (Å²) in [5.74, 6) is -6.06. The second-order valence-electron chi connectivity index (χ2n) is 10.5. The molecule has 3 aromatic rings. The Labute approximate surface area is 278 Å². The highest BCUT2D eigenvalue weighted by Gasteiger charge is 2.22. The molecule has 0 spiro atoms. The molecule has 262 valence electrons. The summed E-state index contributed by atoms with van der Waals surface area (Å²) in [7, 11) is 0. The monoisotopic (exact) mass is 689 g/mol. The fourth-order valence-corrected chi connectivity index (χ4v) is 4.94. The van der Waals surface area contributed by atoms with Gasteiger partial charge in [0.05, 0.1) is 24.5 Å². The molecule has 4 rings (SSSR count). The number of ether oxygens (including phenoxy) is 4. The fourth-order valence-electron chi connectivity index (χ4n) is 4.94. The van der Waals surface area contributed by atoms with Crippen molar-refractivity contribution in [2.75, 3.05) is 80.4 Å². The lowest BCUT2D eigenvalue weighted by Crippen LogP contribution is -2.35. The highest BCUT2D eigenvalue weighted by atomic mass is 19.1. The number of carboxylic acids is 4. The molecule has 0 amide bonds. The molecule has 49 heavy (non-hydrogen) atoms. The van der Waals surface area contributed by atoms with E-state index in [9.17, 15) is 48.4 Å². The maximum atomic E-state index is 14.4. The lowest BCUT2D eigenvalue weighted by molar-refractivity contribution is -0.137. The Bertz CT molecular complexity index is 1660. The molecule has 0 aliphatic carbocycles. The molecule has 4 N–H and O–H groups in total. The second-order valence-corrected chi connectivity index (χ2v) is 10.5. The molecule has 0 atom stereocenters. The third-order valence-electron chi connectivity index (χ3n) is 6.96. The standard InChI is InChI=1S/C32H33F2N3O12/c33-20-1-4-25-23(13-20)35(16-29(38)39)7-9-46-27-6-3-22(37(18-31(42)43)19-32(44)45)15-28(27)47-10-8-36(17-30(40)41)24-14-21(34)2-5-26(24)49-12-11-48-25/h1-6,13-15H,7-12,16-19H2,(H,38,39)(H,40,41)(H,42,43)(H,44,45). The topological polar surface area (TPSA) is 196 Å². The van der Waals surface area contributed by atoms with Crippen molar-refractivity contribution in [3.8, 4) is 23.0 Å². The molecule has 17 heteroatoms. The van der Waals surface area contributed by atoms with Gasteiger partial charge in [0.15, 0.2) is 11.5 Å². The second kappa shape index (κ2) is 16.7. The van der Waals surface area contributed by atoms with Crippen LogP contribution in [0.5, 0.6) is 23.0 Å². The molecule has 0 aromatic heterocycles. The molecule has 0 radical (unpaired) electrons. The first-order valence-electron chi connectivity index (χ1n) is 14.8. The van der Waals surface area contributed by atoms with Gasteiger partial charge in [-0.3, -0.25) is 19.2 Å². The Morgan fingerprint density at radius 1 is 0.571 bits per heavy atom. The van der Waals surface area contributed by atoms with E-state index in [0.717, 1.165) is 29.2 Å². The van der Waals surface area contributed by atoms with Gasteiger partial charge in [-0.15, -0.1) is 0 Å². The Balaban J connectivity index is 1.76. The summed E-state index contributed by atoms with van der Waals surface area (Å²) < 4.78 is 52.3. The summed E-state index contributed by atoms with van der Waals surface area (Å²) in [6.07, 6.45) is 0. The first-order valence-corrected chi connectivity index (χ1v) is 14.8. The minimum absolute atomic E-state index is 0.00458. The van der Waals surface area contributed by atoms with E-state index in [1.54, 1.807) is 0 Å². The molecule has 1 aliphatic heterocycles. The summed E-state index contributed by atoms with van der Waals surface area (Å²) in [6, 6.07) is 11.2. The van der Waals surface area contributed by atoms with Crippen LogP contribution in [-0.4, -0.2) is 110 Å². The third-order valence-corrected chi connectivity index (χ3v) is 6.96. The van der Waals surface area contributed by atoms with Gasteiger partial charge in [-0.2, -0.15) is 0 Å². The molecule has 1 aliphatic rings. The summed E-state index contributed by atoms with van der Waals surface area (Å²) in [6.45, 7) is -3.28. The van der Waals surface area contributed by atoms with Gasteiger partial charge in [-0.25, -0.2) is 8.78 Å². The van der Waals surface area contributed by atoms with E-state index >= 15 is 0 Å². The molecule has 15 nitrogen and oxygen atoms in total. The first-order chi connectivity index (χ1) is 23.4. The van der Waals surface area contributed by atoms with Crippen molar-refractivity contribution in [1.82, 2.24) is 0 Å². The average Bonchev–Trinajstić information content (AvgIpc) is 3.02. The van der Waals surface area contributed by atoms with Crippen LogP contribution >= 0.6 is 0 Å². The van der Waals surface area contributed by atoms with Gasteiger partial charge in [0.1, 0.15) is 75.7 Å². The smallest absolute Gasteiger partial charge is 0.323 e. The zero-order valence-corrected chi connectivity index (χ0v) is 25.9. The van der Waals surface area contributed by atoms with Gasteiger partial charge in [-0.1, -0.05) is 0 Å². The molecule has 3 aromatic carbocycles. The van der Waals surface area contributed by atoms with Crippen LogP contribution in [-0.2, 0) is 19.2 Å². The summed E-state index contributed by atoms with van der Waals surface area (Å²) in [5, 5.41) is 37.9. The molecular formula is C32H33F2N3O12. The van der Waals surface area contributed by atoms with Crippen molar-refractivity contribution in [3.05, 3.63) is 66.2 Å². The highest BCUT2D eigenvalue weighted by Crippen LogP contribution is 2.34. The average molecular weight is 690 g/mol. The number of rotatable bonds is 9. The Kier molecular flexibility index (Phi) is 12.2. The van der Waals surface area contributed by atoms with Crippen molar-refractivity contribution in [2.45, 2.75) is 0 Å². The van der Waals surface area contributed by atoms with E-state index in [-0.39, 0.29) is 79.6 Å². The van der Waals surface area contributed by atoms with Crippen LogP contribution < -0.4 is 33.6 Å². The maximum absolute atomic E-state index is 14.4. The number of nitrogens with zero attached hydrogens (tertiary/aromatic N) is 3. The first kappa shape index (κ1) is 35.8. The van der Waals surface area contributed by atoms with Crippen molar-refractivity contribution < 1.29 is 67.3 Å². The molecule has 0 saturated carbocycles. The van der Waals surface area contributed by atoms with Crippen molar-refractivity contribution in [2.24, 2.45) is 0 Å². The zero-order chi connectivity index (χ0) is 35.5. The zero-order valence-electron chi connectivity index (χ0n) is 25.9. The summed E-state index contributed by atoms with van der Waals surface area (Å²) in [4.78, 5) is 50.2. The van der Waals surface area contributed by atoms with E-state index in [1.165, 1.54) is 40.1 Å². The van der Waals surface area contributed by atoms with Crippen LogP contribution in [0.25, 0.3) is 0 Å². The number of halogens is 2. The number of carbonyl (C=O) groups is 4. The largest absolute Gasteiger partial charge is 0.488 e. The third kappa shape index (κ3) is 10.5. The van der Waals surface area contributed by atoms with Crippen molar-refractivity contribution in [3.63, 3.8) is 0 Å². The number of hydrogen-bond acceptors (Lipinski definition) is 11. The van der Waals surface area contributed by atoms with Crippen molar-refractivity contribution in [1.29, 1.82) is 0 Å². The van der Waals surface area contributed by atoms with E-state index in [1.807, 2.05) is 0 Å². The maximum Gasteiger partial charge on any atom is 0.323 e. The van der Waals surface area contributed by atoms with Crippen LogP contribution in [0.15, 0.2) is 54.6 Å².